The minimum Gasteiger partial charge on any atom is -0.481 e. The summed E-state index contributed by atoms with van der Waals surface area (Å²) >= 11 is 0. The number of aliphatic carboxylic acids is 1. The van der Waals surface area contributed by atoms with E-state index in [2.05, 4.69) is 92.6 Å². The van der Waals surface area contributed by atoms with Gasteiger partial charge in [-0.25, -0.2) is 0 Å². The van der Waals surface area contributed by atoms with Gasteiger partial charge < -0.3 is 25.5 Å². The Morgan fingerprint density at radius 1 is 0.542 bits per heavy atom. The highest BCUT2D eigenvalue weighted by atomic mass is 16.4. The number of piperazine rings is 2. The number of ketones is 2. The summed E-state index contributed by atoms with van der Waals surface area (Å²) in [6.07, 6.45) is 3.20. The number of rotatable bonds is 15. The molecule has 318 valence electrons. The maximum Gasteiger partial charge on any atom is 0.303 e. The van der Waals surface area contributed by atoms with Crippen molar-refractivity contribution in [2.45, 2.75) is 64.0 Å². The monoisotopic (exact) mass is 805 g/mol. The second-order valence-electron chi connectivity index (χ2n) is 15.9. The zero-order valence-electron chi connectivity index (χ0n) is 36.5. The average molecular weight is 805 g/mol. The lowest BCUT2D eigenvalue weighted by Gasteiger charge is -2.38. The quantitative estimate of drug-likeness (QED) is 0.109. The number of benzene rings is 4. The largest absolute Gasteiger partial charge is 0.481 e. The van der Waals surface area contributed by atoms with Crippen LogP contribution in [-0.2, 0) is 17.6 Å². The lowest BCUT2D eigenvalue weighted by molar-refractivity contribution is -0.136. The van der Waals surface area contributed by atoms with E-state index in [9.17, 15) is 14.4 Å². The Bertz CT molecular complexity index is 1730. The van der Waals surface area contributed by atoms with E-state index in [0.717, 1.165) is 89.2 Å². The first kappa shape index (κ1) is 46.8. The number of likely N-dealkylation sites (N-methyl/N-ethyl adjacent to an activating group) is 2. The molecule has 0 spiro atoms. The molecule has 2 heterocycles. The molecule has 0 saturated carbocycles. The molecule has 2 fully saturated rings. The number of Topliss-reactive ketones (excluding diaryl/α,β-unsaturated/α-hetero) is 2. The van der Waals surface area contributed by atoms with Gasteiger partial charge in [0, 0.05) is 81.3 Å². The van der Waals surface area contributed by atoms with Gasteiger partial charge in [0.25, 0.3) is 0 Å². The van der Waals surface area contributed by atoms with E-state index in [4.69, 9.17) is 5.11 Å². The number of carboxylic acid groups (broad SMARTS) is 1. The number of nitrogens with one attached hydrogen (secondary N) is 2. The average Bonchev–Trinajstić information content (AvgIpc) is 3.28. The van der Waals surface area contributed by atoms with Crippen LogP contribution in [0, 0.1) is 0 Å². The summed E-state index contributed by atoms with van der Waals surface area (Å²) < 4.78 is 0. The fourth-order valence-corrected chi connectivity index (χ4v) is 7.98. The molecule has 10 heteroatoms. The molecular formula is C49H68N6O4. The minimum absolute atomic E-state index is 0.200. The van der Waals surface area contributed by atoms with Gasteiger partial charge >= 0.3 is 5.97 Å². The van der Waals surface area contributed by atoms with Crippen molar-refractivity contribution in [1.29, 1.82) is 0 Å². The Hall–Kier alpha value is -4.87. The maximum absolute atomic E-state index is 13.6. The Morgan fingerprint density at radius 2 is 0.847 bits per heavy atom. The Balaban J connectivity index is 0.000000234. The number of carboxylic acids is 1. The lowest BCUT2D eigenvalue weighted by Crippen LogP contribution is -2.52. The molecule has 0 amide bonds. The second-order valence-corrected chi connectivity index (χ2v) is 15.9. The van der Waals surface area contributed by atoms with Crippen LogP contribution in [0.3, 0.4) is 0 Å². The van der Waals surface area contributed by atoms with Crippen molar-refractivity contribution in [3.05, 3.63) is 131 Å². The lowest BCUT2D eigenvalue weighted by atomic mass is 9.80. The normalized spacial score (nSPS) is 16.2. The van der Waals surface area contributed by atoms with Gasteiger partial charge in [0.05, 0.1) is 11.1 Å². The molecule has 2 unspecified atom stereocenters. The first-order valence-electron chi connectivity index (χ1n) is 21.3. The first-order valence-corrected chi connectivity index (χ1v) is 21.3. The topological polar surface area (TPSA) is 108 Å². The van der Waals surface area contributed by atoms with Crippen LogP contribution in [0.4, 0.5) is 11.4 Å². The molecule has 4 aromatic carbocycles. The van der Waals surface area contributed by atoms with Crippen molar-refractivity contribution in [1.82, 2.24) is 20.4 Å². The number of anilines is 2. The third-order valence-corrected chi connectivity index (χ3v) is 11.9. The maximum atomic E-state index is 13.6. The predicted octanol–water partition coefficient (Wildman–Crippen LogP) is 6.95. The van der Waals surface area contributed by atoms with Gasteiger partial charge in [0.2, 0.25) is 0 Å². The van der Waals surface area contributed by atoms with Crippen LogP contribution in [0.2, 0.25) is 0 Å². The van der Waals surface area contributed by atoms with Crippen molar-refractivity contribution in [3.63, 3.8) is 0 Å². The molecule has 0 aromatic heterocycles. The van der Waals surface area contributed by atoms with Crippen molar-refractivity contribution in [2.24, 2.45) is 0 Å². The highest BCUT2D eigenvalue weighted by Gasteiger charge is 2.40. The van der Waals surface area contributed by atoms with Gasteiger partial charge in [-0.05, 0) is 114 Å². The van der Waals surface area contributed by atoms with E-state index in [0.29, 0.717) is 0 Å². The number of hydrogen-bond acceptors (Lipinski definition) is 9. The highest BCUT2D eigenvalue weighted by Crippen LogP contribution is 2.30. The van der Waals surface area contributed by atoms with Crippen LogP contribution >= 0.6 is 0 Å². The number of hydrogen-bond donors (Lipinski definition) is 3. The zero-order chi connectivity index (χ0) is 42.8. The van der Waals surface area contributed by atoms with Gasteiger partial charge in [-0.2, -0.15) is 0 Å². The van der Waals surface area contributed by atoms with E-state index in [1.165, 1.54) is 22.5 Å². The van der Waals surface area contributed by atoms with Gasteiger partial charge in [-0.15, -0.1) is 0 Å². The summed E-state index contributed by atoms with van der Waals surface area (Å²) in [5, 5.41) is 14.5. The number of nitrogens with zero attached hydrogens (tertiary/aromatic N) is 4. The summed E-state index contributed by atoms with van der Waals surface area (Å²) in [6, 6.07) is 37.0. The molecule has 3 N–H and O–H groups in total. The molecule has 0 bridgehead atoms. The van der Waals surface area contributed by atoms with Gasteiger partial charge in [0.15, 0.2) is 11.6 Å². The van der Waals surface area contributed by atoms with Crippen LogP contribution in [0.15, 0.2) is 109 Å². The molecular weight excluding hydrogens is 737 g/mol. The fraction of sp³-hybridized carbons (Fsp3) is 0.449. The Labute approximate surface area is 353 Å². The van der Waals surface area contributed by atoms with Crippen LogP contribution < -0.4 is 20.4 Å². The predicted molar refractivity (Wildman–Crippen MR) is 243 cm³/mol. The van der Waals surface area contributed by atoms with Crippen LogP contribution in [0.1, 0.15) is 71.9 Å². The molecule has 2 aliphatic rings. The fourth-order valence-electron chi connectivity index (χ4n) is 7.98. The molecule has 2 aliphatic heterocycles. The summed E-state index contributed by atoms with van der Waals surface area (Å²) in [7, 11) is 8.05. The minimum atomic E-state index is -0.745. The standard InChI is InChI=1S/2C23H31N3O.C3H6O2/c2*1-4-23(25(2)3,18-19-8-6-5-7-9-19)22(27)20-10-12-21(13-11-20)26-16-14-24-15-17-26;1-2-3(4)5/h2*5-13,24H,4,14-18H2,1-3H3;2H2,1H3,(H,4,5). The number of carbonyl (C=O) groups excluding carboxylic acids is 2. The van der Waals surface area contributed by atoms with Gasteiger partial charge in [-0.1, -0.05) is 81.4 Å². The molecule has 0 radical (unpaired) electrons. The molecule has 10 nitrogen and oxygen atoms in total. The van der Waals surface area contributed by atoms with Crippen molar-refractivity contribution in [3.8, 4) is 0 Å². The molecule has 2 atom stereocenters. The molecule has 6 rings (SSSR count). The summed E-state index contributed by atoms with van der Waals surface area (Å²) in [5.74, 6) is -0.346. The van der Waals surface area contributed by atoms with E-state index in [-0.39, 0.29) is 18.0 Å². The molecule has 59 heavy (non-hydrogen) atoms. The Morgan fingerprint density at radius 3 is 1.10 bits per heavy atom. The van der Waals surface area contributed by atoms with Gasteiger partial charge in [-0.3, -0.25) is 24.2 Å². The molecule has 2 saturated heterocycles. The van der Waals surface area contributed by atoms with Crippen molar-refractivity contribution >= 4 is 28.9 Å². The third-order valence-electron chi connectivity index (χ3n) is 11.9. The van der Waals surface area contributed by atoms with Crippen LogP contribution in [0.25, 0.3) is 0 Å². The SMILES string of the molecule is CCC(=O)O.CCC(Cc1ccccc1)(C(=O)c1ccc(N2CCNCC2)cc1)N(C)C.CCC(Cc1ccccc1)(C(=O)c1ccc(N2CCNCC2)cc1)N(C)C. The summed E-state index contributed by atoms with van der Waals surface area (Å²) in [5.41, 5.74) is 5.31. The molecule has 0 aliphatic carbocycles. The molecule has 4 aromatic rings. The third kappa shape index (κ3) is 12.6. The van der Waals surface area contributed by atoms with Crippen LogP contribution in [0.5, 0.6) is 0 Å². The Kier molecular flexibility index (Phi) is 18.3. The van der Waals surface area contributed by atoms with E-state index in [1.807, 2.05) is 88.9 Å². The zero-order valence-corrected chi connectivity index (χ0v) is 36.5. The van der Waals surface area contributed by atoms with E-state index in [1.54, 1.807) is 6.92 Å². The highest BCUT2D eigenvalue weighted by molar-refractivity contribution is 6.04. The van der Waals surface area contributed by atoms with Crippen molar-refractivity contribution < 1.29 is 19.5 Å². The number of carbonyl (C=O) groups is 3. The first-order chi connectivity index (χ1) is 28.4. The second kappa shape index (κ2) is 23.1. The van der Waals surface area contributed by atoms with Crippen molar-refractivity contribution in [2.75, 3.05) is 90.3 Å². The van der Waals surface area contributed by atoms with Crippen LogP contribution in [-0.4, -0.2) is 124 Å². The van der Waals surface area contributed by atoms with E-state index < -0.39 is 17.0 Å². The van der Waals surface area contributed by atoms with E-state index >= 15 is 0 Å². The van der Waals surface area contributed by atoms with Gasteiger partial charge in [0.1, 0.15) is 0 Å². The summed E-state index contributed by atoms with van der Waals surface area (Å²) in [4.78, 5) is 45.4. The smallest absolute Gasteiger partial charge is 0.303 e. The summed E-state index contributed by atoms with van der Waals surface area (Å²) in [6.45, 7) is 13.9.